The van der Waals surface area contributed by atoms with E-state index in [4.69, 9.17) is 23.2 Å². The van der Waals surface area contributed by atoms with E-state index in [1.54, 1.807) is 13.1 Å². The van der Waals surface area contributed by atoms with Crippen molar-refractivity contribution in [3.63, 3.8) is 0 Å². The largest absolute Gasteiger partial charge is 0.360 e. The topological polar surface area (TPSA) is 58.1 Å². The van der Waals surface area contributed by atoms with Crippen LogP contribution in [-0.2, 0) is 4.79 Å². The summed E-state index contributed by atoms with van der Waals surface area (Å²) in [5, 5.41) is 10.4. The number of halogens is 2. The first kappa shape index (κ1) is 14.0. The first-order chi connectivity index (χ1) is 8.08. The van der Waals surface area contributed by atoms with Gasteiger partial charge in [-0.2, -0.15) is 0 Å². The highest BCUT2D eigenvalue weighted by atomic mass is 35.5. The van der Waals surface area contributed by atoms with Crippen LogP contribution in [-0.4, -0.2) is 36.2 Å². The van der Waals surface area contributed by atoms with Crippen molar-refractivity contribution < 1.29 is 4.79 Å². The van der Waals surface area contributed by atoms with Crippen LogP contribution in [0.5, 0.6) is 0 Å². The first-order valence-corrected chi connectivity index (χ1v) is 5.98. The zero-order valence-electron chi connectivity index (χ0n) is 9.70. The van der Waals surface area contributed by atoms with E-state index >= 15 is 0 Å². The molecule has 0 spiro atoms. The molecule has 0 aliphatic heterocycles. The normalized spacial score (nSPS) is 10.1. The molecule has 1 rings (SSSR count). The van der Waals surface area contributed by atoms with Crippen molar-refractivity contribution in [1.29, 1.82) is 0 Å². The monoisotopic (exact) mass is 276 g/mol. The van der Waals surface area contributed by atoms with Gasteiger partial charge in [-0.3, -0.25) is 4.79 Å². The molecule has 0 radical (unpaired) electrons. The molecule has 17 heavy (non-hydrogen) atoms. The van der Waals surface area contributed by atoms with Gasteiger partial charge in [0.1, 0.15) is 0 Å². The fraction of sp³-hybridized carbons (Fsp3) is 0.500. The summed E-state index contributed by atoms with van der Waals surface area (Å²) in [4.78, 5) is 13.2. The van der Waals surface area contributed by atoms with Gasteiger partial charge in [-0.15, -0.1) is 10.2 Å². The van der Waals surface area contributed by atoms with Gasteiger partial charge in [-0.1, -0.05) is 30.1 Å². The van der Waals surface area contributed by atoms with Crippen molar-refractivity contribution in [2.24, 2.45) is 0 Å². The molecule has 0 bridgehead atoms. The van der Waals surface area contributed by atoms with Crippen LogP contribution in [0.3, 0.4) is 0 Å². The van der Waals surface area contributed by atoms with Crippen molar-refractivity contribution in [2.45, 2.75) is 13.3 Å². The van der Waals surface area contributed by atoms with Crippen molar-refractivity contribution in [3.8, 4) is 0 Å². The highest BCUT2D eigenvalue weighted by molar-refractivity contribution is 6.33. The Hall–Kier alpha value is -1.07. The lowest BCUT2D eigenvalue weighted by Crippen LogP contribution is -2.36. The molecule has 0 aliphatic rings. The van der Waals surface area contributed by atoms with Crippen LogP contribution >= 0.6 is 23.2 Å². The lowest BCUT2D eigenvalue weighted by atomic mass is 10.3. The van der Waals surface area contributed by atoms with Gasteiger partial charge < -0.3 is 10.2 Å². The molecule has 1 N–H and O–H groups in total. The molecule has 0 atom stereocenters. The standard InChI is InChI=1S/C10H14Cl2N4O/c1-3-4-16(6-9(17)13-2)7-5-8(11)14-15-10(7)12/h5H,3-4,6H2,1-2H3,(H,13,17). The predicted molar refractivity (Wildman–Crippen MR) is 68.6 cm³/mol. The van der Waals surface area contributed by atoms with Crippen LogP contribution in [0.4, 0.5) is 5.69 Å². The molecule has 0 aromatic carbocycles. The van der Waals surface area contributed by atoms with Crippen LogP contribution in [0, 0.1) is 0 Å². The van der Waals surface area contributed by atoms with E-state index in [9.17, 15) is 4.79 Å². The molecule has 7 heteroatoms. The summed E-state index contributed by atoms with van der Waals surface area (Å²) in [7, 11) is 1.59. The smallest absolute Gasteiger partial charge is 0.239 e. The molecule has 0 saturated carbocycles. The fourth-order valence-corrected chi connectivity index (χ4v) is 1.73. The summed E-state index contributed by atoms with van der Waals surface area (Å²) in [5.41, 5.74) is 0.622. The van der Waals surface area contributed by atoms with Crippen LogP contribution in [0.15, 0.2) is 6.07 Å². The molecule has 1 heterocycles. The van der Waals surface area contributed by atoms with E-state index in [2.05, 4.69) is 15.5 Å². The summed E-state index contributed by atoms with van der Waals surface area (Å²) >= 11 is 11.7. The van der Waals surface area contributed by atoms with Crippen molar-refractivity contribution in [1.82, 2.24) is 15.5 Å². The van der Waals surface area contributed by atoms with E-state index in [-0.39, 0.29) is 22.8 Å². The summed E-state index contributed by atoms with van der Waals surface area (Å²) < 4.78 is 0. The highest BCUT2D eigenvalue weighted by Crippen LogP contribution is 2.25. The van der Waals surface area contributed by atoms with Gasteiger partial charge in [0, 0.05) is 19.7 Å². The first-order valence-electron chi connectivity index (χ1n) is 5.22. The van der Waals surface area contributed by atoms with E-state index < -0.39 is 0 Å². The maximum absolute atomic E-state index is 11.4. The third kappa shape index (κ3) is 4.02. The second kappa shape index (κ2) is 6.61. The minimum atomic E-state index is -0.0950. The number of hydrogen-bond donors (Lipinski definition) is 1. The number of anilines is 1. The minimum Gasteiger partial charge on any atom is -0.360 e. The van der Waals surface area contributed by atoms with Gasteiger partial charge in [-0.25, -0.2) is 0 Å². The average Bonchev–Trinajstić information content (AvgIpc) is 2.31. The van der Waals surface area contributed by atoms with Crippen LogP contribution in [0.1, 0.15) is 13.3 Å². The Labute approximate surface area is 110 Å². The zero-order valence-corrected chi connectivity index (χ0v) is 11.2. The van der Waals surface area contributed by atoms with Crippen LogP contribution < -0.4 is 10.2 Å². The zero-order chi connectivity index (χ0) is 12.8. The Balaban J connectivity index is 2.95. The quantitative estimate of drug-likeness (QED) is 0.890. The van der Waals surface area contributed by atoms with E-state index in [1.807, 2.05) is 11.8 Å². The lowest BCUT2D eigenvalue weighted by Gasteiger charge is -2.23. The Morgan fingerprint density at radius 2 is 2.18 bits per heavy atom. The fourth-order valence-electron chi connectivity index (χ4n) is 1.37. The second-order valence-corrected chi connectivity index (χ2v) is 4.18. The molecule has 1 aromatic rings. The minimum absolute atomic E-state index is 0.0950. The maximum atomic E-state index is 11.4. The summed E-state index contributed by atoms with van der Waals surface area (Å²) in [6.07, 6.45) is 0.882. The SMILES string of the molecule is CCCN(CC(=O)NC)c1cc(Cl)nnc1Cl. The number of nitrogens with zero attached hydrogens (tertiary/aromatic N) is 3. The third-order valence-corrected chi connectivity index (χ3v) is 2.60. The Morgan fingerprint density at radius 3 is 2.76 bits per heavy atom. The average molecular weight is 277 g/mol. The number of rotatable bonds is 5. The molecule has 0 unspecified atom stereocenters. The molecule has 0 aliphatic carbocycles. The van der Waals surface area contributed by atoms with Gasteiger partial charge in [0.15, 0.2) is 10.3 Å². The van der Waals surface area contributed by atoms with Crippen molar-refractivity contribution in [3.05, 3.63) is 16.4 Å². The number of carbonyl (C=O) groups excluding carboxylic acids is 1. The van der Waals surface area contributed by atoms with Gasteiger partial charge in [0.2, 0.25) is 5.91 Å². The second-order valence-electron chi connectivity index (χ2n) is 3.44. The third-order valence-electron chi connectivity index (χ3n) is 2.15. The summed E-state index contributed by atoms with van der Waals surface area (Å²) in [5.74, 6) is -0.0950. The molecule has 1 aromatic heterocycles. The number of amides is 1. The lowest BCUT2D eigenvalue weighted by molar-refractivity contribution is -0.119. The Kier molecular flexibility index (Phi) is 5.44. The molecule has 94 valence electrons. The van der Waals surface area contributed by atoms with Crippen molar-refractivity contribution >= 4 is 34.8 Å². The highest BCUT2D eigenvalue weighted by Gasteiger charge is 2.15. The molecule has 5 nitrogen and oxygen atoms in total. The van der Waals surface area contributed by atoms with Gasteiger partial charge >= 0.3 is 0 Å². The van der Waals surface area contributed by atoms with E-state index in [0.717, 1.165) is 6.42 Å². The van der Waals surface area contributed by atoms with Crippen LogP contribution in [0.2, 0.25) is 10.3 Å². The number of nitrogens with one attached hydrogen (secondary N) is 1. The summed E-state index contributed by atoms with van der Waals surface area (Å²) in [6, 6.07) is 1.61. The molecular weight excluding hydrogens is 263 g/mol. The van der Waals surface area contributed by atoms with Crippen LogP contribution in [0.25, 0.3) is 0 Å². The van der Waals surface area contributed by atoms with Gasteiger partial charge in [-0.05, 0) is 6.42 Å². The number of aromatic nitrogens is 2. The molecule has 0 fully saturated rings. The van der Waals surface area contributed by atoms with Crippen molar-refractivity contribution in [2.75, 3.05) is 25.0 Å². The summed E-state index contributed by atoms with van der Waals surface area (Å²) in [6.45, 7) is 2.92. The predicted octanol–water partition coefficient (Wildman–Crippen LogP) is 1.75. The van der Waals surface area contributed by atoms with E-state index in [1.165, 1.54) is 0 Å². The number of carbonyl (C=O) groups is 1. The van der Waals surface area contributed by atoms with Gasteiger partial charge in [0.25, 0.3) is 0 Å². The Morgan fingerprint density at radius 1 is 1.47 bits per heavy atom. The number of likely N-dealkylation sites (N-methyl/N-ethyl adjacent to an activating group) is 1. The molecule has 1 amide bonds. The molecule has 0 saturated heterocycles. The number of hydrogen-bond acceptors (Lipinski definition) is 4. The maximum Gasteiger partial charge on any atom is 0.239 e. The molecular formula is C10H14Cl2N4O. The Bertz CT molecular complexity index is 400. The van der Waals surface area contributed by atoms with E-state index in [0.29, 0.717) is 12.2 Å². The van der Waals surface area contributed by atoms with Gasteiger partial charge in [0.05, 0.1) is 12.2 Å².